The van der Waals surface area contributed by atoms with Crippen molar-refractivity contribution in [3.05, 3.63) is 41.8 Å². The number of nitrogens with one attached hydrogen (secondary N) is 2. The maximum atomic E-state index is 13.2. The van der Waals surface area contributed by atoms with Crippen LogP contribution in [-0.4, -0.2) is 16.0 Å². The molecule has 1 aromatic carbocycles. The Labute approximate surface area is 130 Å². The van der Waals surface area contributed by atoms with E-state index in [1.54, 1.807) is 12.1 Å². The number of anilines is 3. The average Bonchev–Trinajstić information content (AvgIpc) is 2.47. The predicted molar refractivity (Wildman–Crippen MR) is 86.9 cm³/mol. The molecule has 0 aliphatic heterocycles. The summed E-state index contributed by atoms with van der Waals surface area (Å²) in [7, 11) is 0. The lowest BCUT2D eigenvalue weighted by Crippen LogP contribution is -2.23. The molecule has 2 N–H and O–H groups in total. The summed E-state index contributed by atoms with van der Waals surface area (Å²) in [5, 5.41) is 6.56. The molecule has 2 aromatic rings. The van der Waals surface area contributed by atoms with Gasteiger partial charge in [-0.25, -0.2) is 9.37 Å². The fourth-order valence-electron chi connectivity index (χ4n) is 2.85. The van der Waals surface area contributed by atoms with Gasteiger partial charge in [0.2, 0.25) is 5.95 Å². The number of rotatable bonds is 4. The summed E-state index contributed by atoms with van der Waals surface area (Å²) in [6.45, 7) is 1.94. The Morgan fingerprint density at radius 2 is 1.91 bits per heavy atom. The third kappa shape index (κ3) is 3.93. The summed E-state index contributed by atoms with van der Waals surface area (Å²) >= 11 is 0. The number of benzene rings is 1. The van der Waals surface area contributed by atoms with Gasteiger partial charge >= 0.3 is 0 Å². The van der Waals surface area contributed by atoms with E-state index in [4.69, 9.17) is 0 Å². The first-order valence-electron chi connectivity index (χ1n) is 7.84. The molecule has 116 valence electrons. The summed E-state index contributed by atoms with van der Waals surface area (Å²) in [4.78, 5) is 8.86. The monoisotopic (exact) mass is 300 g/mol. The van der Waals surface area contributed by atoms with Crippen molar-refractivity contribution in [3.8, 4) is 0 Å². The Hall–Kier alpha value is -2.17. The molecule has 1 saturated carbocycles. The summed E-state index contributed by atoms with van der Waals surface area (Å²) < 4.78 is 13.2. The zero-order chi connectivity index (χ0) is 15.4. The van der Waals surface area contributed by atoms with Crippen LogP contribution < -0.4 is 10.6 Å². The topological polar surface area (TPSA) is 49.8 Å². The minimum absolute atomic E-state index is 0.279. The maximum Gasteiger partial charge on any atom is 0.229 e. The van der Waals surface area contributed by atoms with Crippen molar-refractivity contribution in [2.75, 3.05) is 10.6 Å². The van der Waals surface area contributed by atoms with E-state index >= 15 is 0 Å². The molecule has 0 atom stereocenters. The second-order valence-corrected chi connectivity index (χ2v) is 5.83. The van der Waals surface area contributed by atoms with Crippen LogP contribution in [-0.2, 0) is 0 Å². The molecule has 5 heteroatoms. The largest absolute Gasteiger partial charge is 0.367 e. The van der Waals surface area contributed by atoms with E-state index in [2.05, 4.69) is 20.6 Å². The fourth-order valence-corrected chi connectivity index (χ4v) is 2.85. The van der Waals surface area contributed by atoms with Gasteiger partial charge in [0.15, 0.2) is 0 Å². The number of aryl methyl sites for hydroxylation is 1. The van der Waals surface area contributed by atoms with Gasteiger partial charge in [-0.2, -0.15) is 4.98 Å². The van der Waals surface area contributed by atoms with Crippen molar-refractivity contribution in [2.45, 2.75) is 45.1 Å². The molecule has 1 fully saturated rings. The van der Waals surface area contributed by atoms with E-state index in [-0.39, 0.29) is 5.82 Å². The van der Waals surface area contributed by atoms with Crippen LogP contribution in [0.4, 0.5) is 21.8 Å². The first kappa shape index (κ1) is 14.8. The van der Waals surface area contributed by atoms with E-state index in [0.29, 0.717) is 17.7 Å². The Morgan fingerprint density at radius 3 is 2.68 bits per heavy atom. The number of hydrogen-bond donors (Lipinski definition) is 2. The lowest BCUT2D eigenvalue weighted by Gasteiger charge is -2.23. The predicted octanol–water partition coefficient (Wildman–Crippen LogP) is 4.41. The van der Waals surface area contributed by atoms with Gasteiger partial charge in [0, 0.05) is 23.5 Å². The third-order valence-corrected chi connectivity index (χ3v) is 3.89. The highest BCUT2D eigenvalue weighted by Crippen LogP contribution is 2.22. The molecule has 1 heterocycles. The van der Waals surface area contributed by atoms with Gasteiger partial charge in [0.05, 0.1) is 0 Å². The molecule has 0 amide bonds. The van der Waals surface area contributed by atoms with Gasteiger partial charge in [-0.15, -0.1) is 0 Å². The van der Waals surface area contributed by atoms with Crippen LogP contribution in [0.15, 0.2) is 30.3 Å². The van der Waals surface area contributed by atoms with Crippen molar-refractivity contribution in [2.24, 2.45) is 0 Å². The van der Waals surface area contributed by atoms with E-state index < -0.39 is 0 Å². The van der Waals surface area contributed by atoms with Crippen LogP contribution in [0.5, 0.6) is 0 Å². The first-order valence-corrected chi connectivity index (χ1v) is 7.84. The molecule has 0 unspecified atom stereocenters. The zero-order valence-corrected chi connectivity index (χ0v) is 12.8. The SMILES string of the molecule is Cc1cc(NC2CCCCC2)nc(Nc2cccc(F)c2)n1. The molecular formula is C17H21FN4. The van der Waals surface area contributed by atoms with E-state index in [0.717, 1.165) is 11.5 Å². The average molecular weight is 300 g/mol. The van der Waals surface area contributed by atoms with Crippen LogP contribution in [0.25, 0.3) is 0 Å². The molecule has 0 saturated heterocycles. The van der Waals surface area contributed by atoms with Crippen molar-refractivity contribution in [1.29, 1.82) is 0 Å². The quantitative estimate of drug-likeness (QED) is 0.878. The maximum absolute atomic E-state index is 13.2. The summed E-state index contributed by atoms with van der Waals surface area (Å²) in [5.41, 5.74) is 1.53. The molecule has 0 spiro atoms. The van der Waals surface area contributed by atoms with Gasteiger partial charge in [-0.3, -0.25) is 0 Å². The van der Waals surface area contributed by atoms with Crippen LogP contribution in [0, 0.1) is 12.7 Å². The second-order valence-electron chi connectivity index (χ2n) is 5.83. The Bertz CT molecular complexity index is 638. The van der Waals surface area contributed by atoms with Crippen molar-refractivity contribution < 1.29 is 4.39 Å². The van der Waals surface area contributed by atoms with Crippen LogP contribution in [0.2, 0.25) is 0 Å². The summed E-state index contributed by atoms with van der Waals surface area (Å²) in [6, 6.07) is 8.74. The zero-order valence-electron chi connectivity index (χ0n) is 12.8. The first-order chi connectivity index (χ1) is 10.7. The van der Waals surface area contributed by atoms with E-state index in [1.165, 1.54) is 44.2 Å². The highest BCUT2D eigenvalue weighted by molar-refractivity contribution is 5.55. The van der Waals surface area contributed by atoms with E-state index in [1.807, 2.05) is 13.0 Å². The fraction of sp³-hybridized carbons (Fsp3) is 0.412. The van der Waals surface area contributed by atoms with Crippen LogP contribution in [0.1, 0.15) is 37.8 Å². The number of nitrogens with zero attached hydrogens (tertiary/aromatic N) is 2. The van der Waals surface area contributed by atoms with Gasteiger partial charge in [0.25, 0.3) is 0 Å². The molecule has 22 heavy (non-hydrogen) atoms. The third-order valence-electron chi connectivity index (χ3n) is 3.89. The smallest absolute Gasteiger partial charge is 0.229 e. The molecule has 1 aromatic heterocycles. The Morgan fingerprint density at radius 1 is 1.09 bits per heavy atom. The van der Waals surface area contributed by atoms with Crippen LogP contribution in [0.3, 0.4) is 0 Å². The highest BCUT2D eigenvalue weighted by Gasteiger charge is 2.14. The lowest BCUT2D eigenvalue weighted by molar-refractivity contribution is 0.462. The minimum atomic E-state index is -0.279. The summed E-state index contributed by atoms with van der Waals surface area (Å²) in [6.07, 6.45) is 6.25. The number of aromatic nitrogens is 2. The second kappa shape index (κ2) is 6.73. The van der Waals surface area contributed by atoms with Gasteiger partial charge < -0.3 is 10.6 Å². The number of hydrogen-bond acceptors (Lipinski definition) is 4. The Kier molecular flexibility index (Phi) is 4.51. The minimum Gasteiger partial charge on any atom is -0.367 e. The van der Waals surface area contributed by atoms with Crippen molar-refractivity contribution in [1.82, 2.24) is 9.97 Å². The van der Waals surface area contributed by atoms with Crippen LogP contribution >= 0.6 is 0 Å². The molecule has 1 aliphatic carbocycles. The molecule has 0 bridgehead atoms. The van der Waals surface area contributed by atoms with Crippen molar-refractivity contribution in [3.63, 3.8) is 0 Å². The molecule has 3 rings (SSSR count). The lowest BCUT2D eigenvalue weighted by atomic mass is 9.95. The van der Waals surface area contributed by atoms with E-state index in [9.17, 15) is 4.39 Å². The summed E-state index contributed by atoms with van der Waals surface area (Å²) in [5.74, 6) is 1.04. The molecular weight excluding hydrogens is 279 g/mol. The van der Waals surface area contributed by atoms with Gasteiger partial charge in [0.1, 0.15) is 11.6 Å². The standard InChI is InChI=1S/C17H21FN4/c1-12-10-16(20-14-7-3-2-4-8-14)22-17(19-12)21-15-9-5-6-13(18)11-15/h5-6,9-11,14H,2-4,7-8H2,1H3,(H2,19,20,21,22). The normalized spacial score (nSPS) is 15.5. The Balaban J connectivity index is 1.74. The number of halogens is 1. The van der Waals surface area contributed by atoms with Crippen molar-refractivity contribution >= 4 is 17.5 Å². The van der Waals surface area contributed by atoms with Gasteiger partial charge in [-0.05, 0) is 38.0 Å². The van der Waals surface area contributed by atoms with Gasteiger partial charge in [-0.1, -0.05) is 25.3 Å². The molecule has 4 nitrogen and oxygen atoms in total. The molecule has 1 aliphatic rings. The molecule has 0 radical (unpaired) electrons. The highest BCUT2D eigenvalue weighted by atomic mass is 19.1.